The Hall–Kier alpha value is -3.14. The quantitative estimate of drug-likeness (QED) is 0.0940. The standard InChI is InChI=1S/C28H38F3N7O4.3ClH/c29-28(30,31)21-9-7-20(8-10-21)25(40)35-14-15-36-27(42)23(11-6-19-4-2-1-3-5-19)37-26(41)22(34)18-24(39)38(16-12-32)17-13-33;;;/h1-5,7-10,22-23H,6,11-18,32-34H2,(H,35,40)(H,36,42)(H,37,41);3*1H/p-3/t22-,23-;;;/m0.../s1. The number of hydrogen-bond acceptors (Lipinski definition) is 7. The van der Waals surface area contributed by atoms with Crippen LogP contribution in [0.1, 0.15) is 34.3 Å². The highest BCUT2D eigenvalue weighted by Gasteiger charge is 2.30. The first-order valence-electron chi connectivity index (χ1n) is 13.5. The molecule has 0 heterocycles. The molecule has 11 nitrogen and oxygen atoms in total. The number of alkyl halides is 3. The molecule has 0 aliphatic carbocycles. The summed E-state index contributed by atoms with van der Waals surface area (Å²) < 4.78 is 38.2. The van der Waals surface area contributed by atoms with E-state index in [2.05, 4.69) is 16.0 Å². The van der Waals surface area contributed by atoms with Crippen LogP contribution >= 0.6 is 0 Å². The number of aryl methyl sites for hydroxylation is 1. The summed E-state index contributed by atoms with van der Waals surface area (Å²) in [5.74, 6) is -2.22. The lowest BCUT2D eigenvalue weighted by Crippen LogP contribution is -3.00. The van der Waals surface area contributed by atoms with Gasteiger partial charge >= 0.3 is 6.18 Å². The predicted octanol–water partition coefficient (Wildman–Crippen LogP) is -8.86. The average molecular weight is 700 g/mol. The Labute approximate surface area is 278 Å². The Bertz CT molecular complexity index is 1170. The third-order valence-electron chi connectivity index (χ3n) is 6.26. The first kappa shape index (κ1) is 44.0. The molecule has 0 aliphatic heterocycles. The van der Waals surface area contributed by atoms with Gasteiger partial charge in [-0.2, -0.15) is 13.2 Å². The molecule has 45 heavy (non-hydrogen) atoms. The highest BCUT2D eigenvalue weighted by atomic mass is 35.5. The molecule has 17 heteroatoms. The molecule has 0 bridgehead atoms. The second kappa shape index (κ2) is 22.4. The predicted molar refractivity (Wildman–Crippen MR) is 151 cm³/mol. The van der Waals surface area contributed by atoms with Gasteiger partial charge in [-0.1, -0.05) is 30.3 Å². The Morgan fingerprint density at radius 2 is 1.36 bits per heavy atom. The molecule has 2 rings (SSSR count). The van der Waals surface area contributed by atoms with E-state index in [1.807, 2.05) is 30.3 Å². The maximum Gasteiger partial charge on any atom is 0.416 e. The zero-order chi connectivity index (χ0) is 31.1. The van der Waals surface area contributed by atoms with E-state index in [0.717, 1.165) is 29.8 Å². The monoisotopic (exact) mass is 698 g/mol. The second-order valence-electron chi connectivity index (χ2n) is 9.48. The van der Waals surface area contributed by atoms with Gasteiger partial charge in [0.25, 0.3) is 5.91 Å². The molecule has 0 aliphatic rings. The summed E-state index contributed by atoms with van der Waals surface area (Å²) in [5.41, 5.74) is 17.1. The van der Waals surface area contributed by atoms with Gasteiger partial charge in [0.1, 0.15) is 6.04 Å². The topological polar surface area (TPSA) is 186 Å². The molecule has 0 fully saturated rings. The van der Waals surface area contributed by atoms with Crippen molar-refractivity contribution >= 4 is 23.6 Å². The Kier molecular flexibility index (Phi) is 21.9. The van der Waals surface area contributed by atoms with Crippen molar-refractivity contribution in [2.75, 3.05) is 39.3 Å². The fourth-order valence-electron chi connectivity index (χ4n) is 3.98. The van der Waals surface area contributed by atoms with E-state index in [0.29, 0.717) is 6.42 Å². The Morgan fingerprint density at radius 1 is 0.800 bits per heavy atom. The van der Waals surface area contributed by atoms with E-state index < -0.39 is 41.5 Å². The first-order valence-corrected chi connectivity index (χ1v) is 13.5. The Morgan fingerprint density at radius 3 is 1.89 bits per heavy atom. The van der Waals surface area contributed by atoms with Crippen LogP contribution in [0.5, 0.6) is 0 Å². The molecule has 254 valence electrons. The van der Waals surface area contributed by atoms with Gasteiger partial charge in [0.15, 0.2) is 0 Å². The van der Waals surface area contributed by atoms with Crippen molar-refractivity contribution in [3.05, 3.63) is 71.3 Å². The molecular weight excluding hydrogens is 662 g/mol. The summed E-state index contributed by atoms with van der Waals surface area (Å²) in [7, 11) is 0. The summed E-state index contributed by atoms with van der Waals surface area (Å²) in [6, 6.07) is 10.8. The molecule has 0 saturated heterocycles. The van der Waals surface area contributed by atoms with E-state index in [1.165, 1.54) is 4.90 Å². The number of nitrogens with two attached hydrogens (primary N) is 3. The number of rotatable bonds is 16. The average Bonchev–Trinajstić information content (AvgIpc) is 2.97. The molecule has 0 unspecified atom stereocenters. The smallest absolute Gasteiger partial charge is 0.416 e. The van der Waals surface area contributed by atoms with Crippen molar-refractivity contribution in [2.45, 2.75) is 37.5 Å². The lowest BCUT2D eigenvalue weighted by atomic mass is 10.0. The van der Waals surface area contributed by atoms with Gasteiger partial charge < -0.3 is 75.3 Å². The van der Waals surface area contributed by atoms with Gasteiger partial charge in [-0.25, -0.2) is 0 Å². The van der Waals surface area contributed by atoms with Gasteiger partial charge in [0, 0.05) is 44.8 Å². The zero-order valence-corrected chi connectivity index (χ0v) is 26.6. The molecule has 0 aromatic heterocycles. The molecular formula is C28H38Cl3F3N7O4-3. The summed E-state index contributed by atoms with van der Waals surface area (Å²) in [6.07, 6.45) is -4.12. The summed E-state index contributed by atoms with van der Waals surface area (Å²) >= 11 is 0. The maximum atomic E-state index is 13.0. The molecule has 2 aromatic rings. The lowest BCUT2D eigenvalue weighted by Gasteiger charge is -2.24. The fourth-order valence-corrected chi connectivity index (χ4v) is 3.98. The normalized spacial score (nSPS) is 11.8. The second-order valence-corrected chi connectivity index (χ2v) is 9.48. The van der Waals surface area contributed by atoms with Gasteiger partial charge in [-0.15, -0.1) is 0 Å². The van der Waals surface area contributed by atoms with Gasteiger partial charge in [0.05, 0.1) is 18.0 Å². The van der Waals surface area contributed by atoms with Crippen LogP contribution in [0, 0.1) is 0 Å². The van der Waals surface area contributed by atoms with Crippen molar-refractivity contribution in [1.82, 2.24) is 20.9 Å². The van der Waals surface area contributed by atoms with Crippen LogP contribution in [0.2, 0.25) is 0 Å². The van der Waals surface area contributed by atoms with Gasteiger partial charge in [-0.3, -0.25) is 19.2 Å². The zero-order valence-electron chi connectivity index (χ0n) is 24.3. The van der Waals surface area contributed by atoms with Crippen molar-refractivity contribution in [1.29, 1.82) is 0 Å². The third kappa shape index (κ3) is 15.6. The maximum absolute atomic E-state index is 13.0. The minimum Gasteiger partial charge on any atom is -1.00 e. The molecule has 0 spiro atoms. The summed E-state index contributed by atoms with van der Waals surface area (Å²) in [5, 5.41) is 7.76. The van der Waals surface area contributed by atoms with E-state index in [-0.39, 0.29) is 101 Å². The number of halogens is 6. The van der Waals surface area contributed by atoms with Gasteiger partial charge in [-0.05, 0) is 42.7 Å². The van der Waals surface area contributed by atoms with Crippen molar-refractivity contribution in [3.63, 3.8) is 0 Å². The highest BCUT2D eigenvalue weighted by molar-refractivity contribution is 5.94. The summed E-state index contributed by atoms with van der Waals surface area (Å²) in [4.78, 5) is 52.1. The number of carbonyl (C=O) groups is 4. The molecule has 0 radical (unpaired) electrons. The van der Waals surface area contributed by atoms with Crippen molar-refractivity contribution < 1.29 is 69.6 Å². The lowest BCUT2D eigenvalue weighted by molar-refractivity contribution is -0.137. The third-order valence-corrected chi connectivity index (χ3v) is 6.26. The minimum absolute atomic E-state index is 0. The van der Waals surface area contributed by atoms with Crippen molar-refractivity contribution in [2.24, 2.45) is 17.2 Å². The molecule has 2 atom stereocenters. The van der Waals surface area contributed by atoms with Crippen LogP contribution in [0.4, 0.5) is 13.2 Å². The molecule has 2 aromatic carbocycles. The number of amides is 4. The number of carbonyl (C=O) groups excluding carboxylic acids is 4. The number of hydrogen-bond donors (Lipinski definition) is 6. The van der Waals surface area contributed by atoms with Crippen LogP contribution in [-0.2, 0) is 27.0 Å². The van der Waals surface area contributed by atoms with Crippen LogP contribution in [0.25, 0.3) is 0 Å². The number of nitrogens with zero attached hydrogens (tertiary/aromatic N) is 1. The van der Waals surface area contributed by atoms with E-state index in [1.54, 1.807) is 0 Å². The van der Waals surface area contributed by atoms with E-state index in [4.69, 9.17) is 17.2 Å². The largest absolute Gasteiger partial charge is 1.00 e. The van der Waals surface area contributed by atoms with Crippen LogP contribution < -0.4 is 70.4 Å². The number of benzene rings is 2. The van der Waals surface area contributed by atoms with Crippen LogP contribution in [0.3, 0.4) is 0 Å². The van der Waals surface area contributed by atoms with E-state index in [9.17, 15) is 32.3 Å². The molecule has 4 amide bonds. The fraction of sp³-hybridized carbons (Fsp3) is 0.429. The van der Waals surface area contributed by atoms with Crippen LogP contribution in [0.15, 0.2) is 54.6 Å². The first-order chi connectivity index (χ1) is 20.0. The van der Waals surface area contributed by atoms with Gasteiger partial charge in [0.2, 0.25) is 17.7 Å². The summed E-state index contributed by atoms with van der Waals surface area (Å²) in [6.45, 7) is 0.945. The Balaban J connectivity index is 0. The minimum atomic E-state index is -4.51. The number of nitrogens with one attached hydrogen (secondary N) is 3. The van der Waals surface area contributed by atoms with E-state index >= 15 is 0 Å². The SMILES string of the molecule is NCCN(CCN)C(=O)C[C@H](N)C(=O)N[C@@H](CCc1ccccc1)C(=O)NCCNC(=O)c1ccc(C(F)(F)F)cc1.[Cl-].[Cl-].[Cl-]. The van der Waals surface area contributed by atoms with Crippen molar-refractivity contribution in [3.8, 4) is 0 Å². The van der Waals surface area contributed by atoms with Crippen LogP contribution in [-0.4, -0.2) is 79.9 Å². The molecule has 0 saturated carbocycles. The highest BCUT2D eigenvalue weighted by Crippen LogP contribution is 2.29. The molecule has 9 N–H and O–H groups in total.